The molecular formula is C38H42N8O. The lowest BCUT2D eigenvalue weighted by atomic mass is 9.98. The van der Waals surface area contributed by atoms with Crippen LogP contribution in [0, 0.1) is 0 Å². The summed E-state index contributed by atoms with van der Waals surface area (Å²) in [4.78, 5) is 0. The summed E-state index contributed by atoms with van der Waals surface area (Å²) in [6.45, 7) is 2.33. The van der Waals surface area contributed by atoms with Crippen molar-refractivity contribution in [2.45, 2.75) is 64.1 Å². The van der Waals surface area contributed by atoms with Crippen LogP contribution in [0.15, 0.2) is 122 Å². The Morgan fingerprint density at radius 1 is 0.511 bits per heavy atom. The van der Waals surface area contributed by atoms with Gasteiger partial charge in [-0.3, -0.25) is 9.36 Å². The van der Waals surface area contributed by atoms with Crippen LogP contribution in [-0.2, 0) is 43.9 Å². The minimum absolute atomic E-state index is 0.112. The molecule has 0 aliphatic carbocycles. The number of rotatable bonds is 16. The molecule has 0 aliphatic rings. The molecule has 47 heavy (non-hydrogen) atoms. The molecule has 6 aromatic rings. The van der Waals surface area contributed by atoms with Crippen LogP contribution in [0.3, 0.4) is 0 Å². The van der Waals surface area contributed by atoms with Crippen molar-refractivity contribution in [3.8, 4) is 0 Å². The van der Waals surface area contributed by atoms with Crippen molar-refractivity contribution in [2.24, 2.45) is 11.5 Å². The van der Waals surface area contributed by atoms with Crippen LogP contribution in [0.5, 0.6) is 0 Å². The quantitative estimate of drug-likeness (QED) is 0.136. The Hall–Kier alpha value is -4.96. The summed E-state index contributed by atoms with van der Waals surface area (Å²) >= 11 is 0. The number of hydrogen-bond donors (Lipinski definition) is 2. The van der Waals surface area contributed by atoms with E-state index in [0.717, 1.165) is 72.4 Å². The van der Waals surface area contributed by atoms with Gasteiger partial charge in [0.05, 0.1) is 37.7 Å². The average molecular weight is 627 g/mol. The van der Waals surface area contributed by atoms with Gasteiger partial charge in [-0.15, -0.1) is 10.2 Å². The van der Waals surface area contributed by atoms with Crippen LogP contribution in [0.4, 0.5) is 0 Å². The first kappa shape index (κ1) is 32.0. The highest BCUT2D eigenvalue weighted by Crippen LogP contribution is 2.21. The molecule has 0 aliphatic heterocycles. The Bertz CT molecular complexity index is 1650. The molecule has 0 spiro atoms. The Balaban J connectivity index is 0.868. The van der Waals surface area contributed by atoms with Gasteiger partial charge in [-0.25, -0.2) is 0 Å². The fraction of sp³-hybridized carbons (Fsp3) is 0.263. The monoisotopic (exact) mass is 626 g/mol. The van der Waals surface area contributed by atoms with Gasteiger partial charge in [0.2, 0.25) is 0 Å². The number of ether oxygens (including phenoxy) is 1. The molecule has 2 atom stereocenters. The largest absolute Gasteiger partial charge is 0.369 e. The summed E-state index contributed by atoms with van der Waals surface area (Å²) < 4.78 is 9.60. The van der Waals surface area contributed by atoms with Gasteiger partial charge in [-0.1, -0.05) is 120 Å². The summed E-state index contributed by atoms with van der Waals surface area (Å²) in [5, 5.41) is 17.1. The zero-order valence-electron chi connectivity index (χ0n) is 26.6. The molecule has 0 bridgehead atoms. The third-order valence-electron chi connectivity index (χ3n) is 8.37. The van der Waals surface area contributed by atoms with E-state index in [1.165, 1.54) is 11.1 Å². The SMILES string of the molecule is N[C@@H](c1ccccc1)c1ccc(CCCn2cc(COCc3cn(CCCc4ccc([C@@H](N)c5ccccc5)cc4)nn3)nn2)cc1. The van der Waals surface area contributed by atoms with E-state index in [2.05, 4.69) is 93.4 Å². The fourth-order valence-electron chi connectivity index (χ4n) is 5.67. The Labute approximate surface area is 276 Å². The standard InChI is InChI=1S/C38H42N8O/c39-37(31-11-3-1-4-12-31)33-19-15-29(16-20-33)9-7-23-45-25-35(41-43-45)27-47-28-36-26-46(44-42-36)24-8-10-30-17-21-34(22-18-30)38(40)32-13-5-2-6-14-32/h1-6,11-22,25-26,37-38H,7-10,23-24,27-28,39-40H2/t37-,38-/m0/s1. The van der Waals surface area contributed by atoms with Crippen LogP contribution in [0.1, 0.15) is 69.7 Å². The molecule has 0 amide bonds. The number of aryl methyl sites for hydroxylation is 4. The highest BCUT2D eigenvalue weighted by Gasteiger charge is 2.10. The van der Waals surface area contributed by atoms with Crippen LogP contribution < -0.4 is 11.5 Å². The van der Waals surface area contributed by atoms with Gasteiger partial charge < -0.3 is 16.2 Å². The van der Waals surface area contributed by atoms with E-state index in [1.807, 2.05) is 58.2 Å². The minimum Gasteiger partial charge on any atom is -0.369 e. The number of aromatic nitrogens is 6. The van der Waals surface area contributed by atoms with Gasteiger partial charge in [0.25, 0.3) is 0 Å². The molecule has 4 N–H and O–H groups in total. The molecule has 0 saturated carbocycles. The van der Waals surface area contributed by atoms with E-state index in [-0.39, 0.29) is 12.1 Å². The zero-order chi connectivity index (χ0) is 32.3. The molecule has 6 rings (SSSR count). The number of hydrogen-bond acceptors (Lipinski definition) is 7. The Morgan fingerprint density at radius 2 is 0.894 bits per heavy atom. The second kappa shape index (κ2) is 16.0. The predicted octanol–water partition coefficient (Wildman–Crippen LogP) is 5.95. The smallest absolute Gasteiger partial charge is 0.108 e. The van der Waals surface area contributed by atoms with Gasteiger partial charge >= 0.3 is 0 Å². The zero-order valence-corrected chi connectivity index (χ0v) is 26.6. The van der Waals surface area contributed by atoms with Gasteiger partial charge in [0, 0.05) is 13.1 Å². The summed E-state index contributed by atoms with van der Waals surface area (Å²) in [5.74, 6) is 0. The second-order valence-electron chi connectivity index (χ2n) is 11.9. The third kappa shape index (κ3) is 9.07. The van der Waals surface area contributed by atoms with Crippen molar-refractivity contribution in [1.82, 2.24) is 30.0 Å². The van der Waals surface area contributed by atoms with Crippen molar-refractivity contribution >= 4 is 0 Å². The van der Waals surface area contributed by atoms with Crippen molar-refractivity contribution in [3.05, 3.63) is 166 Å². The Kier molecular flexibility index (Phi) is 10.9. The summed E-state index contributed by atoms with van der Waals surface area (Å²) in [7, 11) is 0. The van der Waals surface area contributed by atoms with Crippen molar-refractivity contribution in [1.29, 1.82) is 0 Å². The van der Waals surface area contributed by atoms with Crippen LogP contribution in [0.25, 0.3) is 0 Å². The molecule has 0 fully saturated rings. The fourth-order valence-corrected chi connectivity index (χ4v) is 5.67. The normalized spacial score (nSPS) is 12.6. The number of nitrogens with two attached hydrogens (primary N) is 2. The number of nitrogens with zero attached hydrogens (tertiary/aromatic N) is 6. The average Bonchev–Trinajstić information content (AvgIpc) is 3.78. The second-order valence-corrected chi connectivity index (χ2v) is 11.9. The van der Waals surface area contributed by atoms with Crippen LogP contribution in [-0.4, -0.2) is 30.0 Å². The minimum atomic E-state index is -0.112. The van der Waals surface area contributed by atoms with Crippen molar-refractivity contribution in [3.63, 3.8) is 0 Å². The summed E-state index contributed by atoms with van der Waals surface area (Å²) in [5.41, 5.74) is 21.5. The first-order chi connectivity index (χ1) is 23.1. The van der Waals surface area contributed by atoms with E-state index >= 15 is 0 Å². The maximum Gasteiger partial charge on any atom is 0.108 e. The summed E-state index contributed by atoms with van der Waals surface area (Å²) in [6, 6.07) is 37.3. The lowest BCUT2D eigenvalue weighted by molar-refractivity contribution is 0.102. The molecule has 0 radical (unpaired) electrons. The molecular weight excluding hydrogens is 584 g/mol. The predicted molar refractivity (Wildman–Crippen MR) is 183 cm³/mol. The van der Waals surface area contributed by atoms with Crippen molar-refractivity contribution in [2.75, 3.05) is 0 Å². The number of benzene rings is 4. The summed E-state index contributed by atoms with van der Waals surface area (Å²) in [6.07, 6.45) is 7.73. The molecule has 0 saturated heterocycles. The third-order valence-corrected chi connectivity index (χ3v) is 8.37. The van der Waals surface area contributed by atoms with Crippen LogP contribution >= 0.6 is 0 Å². The van der Waals surface area contributed by atoms with E-state index < -0.39 is 0 Å². The maximum atomic E-state index is 6.43. The van der Waals surface area contributed by atoms with Gasteiger partial charge in [0.1, 0.15) is 11.4 Å². The molecule has 2 aromatic heterocycles. The lowest BCUT2D eigenvalue weighted by Gasteiger charge is -2.13. The van der Waals surface area contributed by atoms with Gasteiger partial charge in [0.15, 0.2) is 0 Å². The highest BCUT2D eigenvalue weighted by molar-refractivity contribution is 5.34. The lowest BCUT2D eigenvalue weighted by Crippen LogP contribution is -2.11. The first-order valence-corrected chi connectivity index (χ1v) is 16.3. The van der Waals surface area contributed by atoms with Crippen molar-refractivity contribution < 1.29 is 4.74 Å². The molecule has 4 aromatic carbocycles. The maximum absolute atomic E-state index is 6.43. The van der Waals surface area contributed by atoms with Crippen LogP contribution in [0.2, 0.25) is 0 Å². The topological polar surface area (TPSA) is 123 Å². The molecule has 9 nitrogen and oxygen atoms in total. The van der Waals surface area contributed by atoms with E-state index in [9.17, 15) is 0 Å². The van der Waals surface area contributed by atoms with Gasteiger partial charge in [-0.05, 0) is 59.1 Å². The Morgan fingerprint density at radius 3 is 1.30 bits per heavy atom. The highest BCUT2D eigenvalue weighted by atomic mass is 16.5. The molecule has 2 heterocycles. The van der Waals surface area contributed by atoms with Gasteiger partial charge in [-0.2, -0.15) is 0 Å². The molecule has 9 heteroatoms. The first-order valence-electron chi connectivity index (χ1n) is 16.3. The van der Waals surface area contributed by atoms with E-state index in [4.69, 9.17) is 16.2 Å². The molecule has 240 valence electrons. The molecule has 0 unspecified atom stereocenters. The van der Waals surface area contributed by atoms with E-state index in [1.54, 1.807) is 0 Å². The van der Waals surface area contributed by atoms with E-state index in [0.29, 0.717) is 13.2 Å².